The molecule has 0 aromatic heterocycles. The molecule has 4 nitrogen and oxygen atoms in total. The number of hydrogen-bond acceptors (Lipinski definition) is 3. The van der Waals surface area contributed by atoms with Gasteiger partial charge in [-0.05, 0) is 63.4 Å². The number of carbonyl (C=O) groups is 1. The molecule has 0 atom stereocenters. The first-order valence-electron chi connectivity index (χ1n) is 7.85. The second-order valence-corrected chi connectivity index (χ2v) is 6.99. The van der Waals surface area contributed by atoms with E-state index >= 15 is 0 Å². The summed E-state index contributed by atoms with van der Waals surface area (Å²) in [6.45, 7) is 8.77. The molecule has 0 bridgehead atoms. The van der Waals surface area contributed by atoms with Gasteiger partial charge in [-0.25, -0.2) is 0 Å². The first-order valence-corrected chi connectivity index (χ1v) is 8.22. The Balaban J connectivity index is 0.00000264. The van der Waals surface area contributed by atoms with Crippen molar-refractivity contribution in [2.45, 2.75) is 39.7 Å². The largest absolute Gasteiger partial charge is 0.490 e. The molecule has 1 fully saturated rings. The highest BCUT2D eigenvalue weighted by Crippen LogP contribution is 2.28. The molecule has 1 aromatic carbocycles. The van der Waals surface area contributed by atoms with E-state index in [1.807, 2.05) is 13.8 Å². The molecule has 0 spiro atoms. The zero-order valence-corrected chi connectivity index (χ0v) is 15.5. The van der Waals surface area contributed by atoms with Crippen LogP contribution in [0.25, 0.3) is 0 Å². The van der Waals surface area contributed by atoms with E-state index in [4.69, 9.17) is 16.3 Å². The number of nitrogens with one attached hydrogen (secondary N) is 2. The normalized spacial score (nSPS) is 16.6. The predicted octanol–water partition coefficient (Wildman–Crippen LogP) is 3.67. The lowest BCUT2D eigenvalue weighted by atomic mass is 9.81. The van der Waals surface area contributed by atoms with Gasteiger partial charge in [-0.3, -0.25) is 4.79 Å². The molecule has 0 aliphatic carbocycles. The third kappa shape index (κ3) is 5.87. The average Bonchev–Trinajstić information content (AvgIpc) is 2.47. The van der Waals surface area contributed by atoms with Crippen molar-refractivity contribution in [1.29, 1.82) is 0 Å². The lowest BCUT2D eigenvalue weighted by Crippen LogP contribution is -2.43. The number of piperidine rings is 1. The van der Waals surface area contributed by atoms with Crippen LogP contribution in [0.2, 0.25) is 5.02 Å². The van der Waals surface area contributed by atoms with Gasteiger partial charge in [0.25, 0.3) is 5.91 Å². The van der Waals surface area contributed by atoms with Crippen molar-refractivity contribution in [3.05, 3.63) is 28.8 Å². The van der Waals surface area contributed by atoms with Gasteiger partial charge in [0.2, 0.25) is 0 Å². The highest BCUT2D eigenvalue weighted by molar-refractivity contribution is 6.31. The Morgan fingerprint density at radius 1 is 1.39 bits per heavy atom. The molecule has 1 aliphatic rings. The SMILES string of the molecule is CC(C)Oc1ccc(Cl)cc1C(=O)NCC1(C)CCNCC1.Cl. The van der Waals surface area contributed by atoms with Crippen LogP contribution in [-0.4, -0.2) is 31.6 Å². The van der Waals surface area contributed by atoms with Crippen molar-refractivity contribution in [2.24, 2.45) is 5.41 Å². The van der Waals surface area contributed by atoms with Gasteiger partial charge < -0.3 is 15.4 Å². The summed E-state index contributed by atoms with van der Waals surface area (Å²) >= 11 is 6.03. The van der Waals surface area contributed by atoms with Crippen molar-refractivity contribution >= 4 is 29.9 Å². The molecule has 2 N–H and O–H groups in total. The van der Waals surface area contributed by atoms with Crippen LogP contribution in [0.5, 0.6) is 5.75 Å². The summed E-state index contributed by atoms with van der Waals surface area (Å²) in [7, 11) is 0. The third-order valence-corrected chi connectivity index (χ3v) is 4.27. The van der Waals surface area contributed by atoms with E-state index in [1.165, 1.54) is 0 Å². The highest BCUT2D eigenvalue weighted by Gasteiger charge is 2.27. The van der Waals surface area contributed by atoms with Crippen molar-refractivity contribution < 1.29 is 9.53 Å². The summed E-state index contributed by atoms with van der Waals surface area (Å²) < 4.78 is 5.71. The molecule has 1 heterocycles. The van der Waals surface area contributed by atoms with Gasteiger partial charge in [-0.1, -0.05) is 18.5 Å². The Morgan fingerprint density at radius 3 is 2.65 bits per heavy atom. The summed E-state index contributed by atoms with van der Waals surface area (Å²) in [6, 6.07) is 5.16. The molecule has 6 heteroatoms. The maximum Gasteiger partial charge on any atom is 0.255 e. The van der Waals surface area contributed by atoms with Gasteiger partial charge in [0, 0.05) is 11.6 Å². The Labute approximate surface area is 149 Å². The second-order valence-electron chi connectivity index (χ2n) is 6.55. The number of amides is 1. The van der Waals surface area contributed by atoms with E-state index in [-0.39, 0.29) is 29.8 Å². The minimum absolute atomic E-state index is 0. The van der Waals surface area contributed by atoms with E-state index in [0.29, 0.717) is 22.9 Å². The van der Waals surface area contributed by atoms with E-state index < -0.39 is 0 Å². The quantitative estimate of drug-likeness (QED) is 0.841. The third-order valence-electron chi connectivity index (χ3n) is 4.04. The van der Waals surface area contributed by atoms with Crippen LogP contribution < -0.4 is 15.4 Å². The molecular formula is C17H26Cl2N2O2. The van der Waals surface area contributed by atoms with Gasteiger partial charge in [0.05, 0.1) is 11.7 Å². The maximum absolute atomic E-state index is 12.5. The molecule has 0 radical (unpaired) electrons. The number of benzene rings is 1. The van der Waals surface area contributed by atoms with Crippen molar-refractivity contribution in [1.82, 2.24) is 10.6 Å². The number of rotatable bonds is 5. The highest BCUT2D eigenvalue weighted by atomic mass is 35.5. The number of hydrogen-bond donors (Lipinski definition) is 2. The van der Waals surface area contributed by atoms with Crippen LogP contribution in [0.15, 0.2) is 18.2 Å². The predicted molar refractivity (Wildman–Crippen MR) is 97.0 cm³/mol. The number of halogens is 2. The van der Waals surface area contributed by atoms with Crippen LogP contribution >= 0.6 is 24.0 Å². The molecular weight excluding hydrogens is 335 g/mol. The Morgan fingerprint density at radius 2 is 2.04 bits per heavy atom. The van der Waals surface area contributed by atoms with Gasteiger partial charge in [0.1, 0.15) is 5.75 Å². The summed E-state index contributed by atoms with van der Waals surface area (Å²) in [5.74, 6) is 0.449. The minimum Gasteiger partial charge on any atom is -0.490 e. The Hall–Kier alpha value is -0.970. The fourth-order valence-electron chi connectivity index (χ4n) is 2.63. The lowest BCUT2D eigenvalue weighted by Gasteiger charge is -2.34. The number of ether oxygens (including phenoxy) is 1. The Kier molecular flexibility index (Phi) is 7.65. The molecule has 0 saturated carbocycles. The van der Waals surface area contributed by atoms with Crippen molar-refractivity contribution in [3.63, 3.8) is 0 Å². The number of carbonyl (C=O) groups excluding carboxylic acids is 1. The van der Waals surface area contributed by atoms with Crippen LogP contribution in [0.1, 0.15) is 44.0 Å². The van der Waals surface area contributed by atoms with Crippen LogP contribution in [0.4, 0.5) is 0 Å². The van der Waals surface area contributed by atoms with E-state index in [0.717, 1.165) is 25.9 Å². The summed E-state index contributed by atoms with van der Waals surface area (Å²) in [5, 5.41) is 6.93. The summed E-state index contributed by atoms with van der Waals surface area (Å²) in [6.07, 6.45) is 2.14. The van der Waals surface area contributed by atoms with E-state index in [2.05, 4.69) is 17.6 Å². The van der Waals surface area contributed by atoms with Gasteiger partial charge in [-0.2, -0.15) is 0 Å². The van der Waals surface area contributed by atoms with Crippen molar-refractivity contribution in [3.8, 4) is 5.75 Å². The van der Waals surface area contributed by atoms with Gasteiger partial charge in [0.15, 0.2) is 0 Å². The maximum atomic E-state index is 12.5. The molecule has 1 aliphatic heterocycles. The molecule has 1 saturated heterocycles. The fraction of sp³-hybridized carbons (Fsp3) is 0.588. The van der Waals surface area contributed by atoms with Crippen LogP contribution in [-0.2, 0) is 0 Å². The zero-order chi connectivity index (χ0) is 16.2. The van der Waals surface area contributed by atoms with Crippen LogP contribution in [0.3, 0.4) is 0 Å². The molecule has 0 unspecified atom stereocenters. The first-order chi connectivity index (χ1) is 10.4. The van der Waals surface area contributed by atoms with E-state index in [9.17, 15) is 4.79 Å². The molecule has 1 amide bonds. The second kappa shape index (κ2) is 8.76. The minimum atomic E-state index is -0.127. The van der Waals surface area contributed by atoms with Gasteiger partial charge >= 0.3 is 0 Å². The van der Waals surface area contributed by atoms with Crippen LogP contribution in [0, 0.1) is 5.41 Å². The smallest absolute Gasteiger partial charge is 0.255 e. The standard InChI is InChI=1S/C17H25ClN2O2.ClH/c1-12(2)22-15-5-4-13(18)10-14(15)16(21)20-11-17(3)6-8-19-9-7-17;/h4-5,10,12,19H,6-9,11H2,1-3H3,(H,20,21);1H. The monoisotopic (exact) mass is 360 g/mol. The van der Waals surface area contributed by atoms with Gasteiger partial charge in [-0.15, -0.1) is 12.4 Å². The molecule has 2 rings (SSSR count). The summed E-state index contributed by atoms with van der Waals surface area (Å²) in [4.78, 5) is 12.5. The molecule has 1 aromatic rings. The Bertz CT molecular complexity index is 529. The molecule has 23 heavy (non-hydrogen) atoms. The lowest BCUT2D eigenvalue weighted by molar-refractivity contribution is 0.0916. The van der Waals surface area contributed by atoms with Crippen molar-refractivity contribution in [2.75, 3.05) is 19.6 Å². The zero-order valence-electron chi connectivity index (χ0n) is 13.9. The van der Waals surface area contributed by atoms with E-state index in [1.54, 1.807) is 18.2 Å². The molecule has 130 valence electrons. The average molecular weight is 361 g/mol. The first kappa shape index (κ1) is 20.1. The fourth-order valence-corrected chi connectivity index (χ4v) is 2.80. The summed E-state index contributed by atoms with van der Waals surface area (Å²) in [5.41, 5.74) is 0.650. The topological polar surface area (TPSA) is 50.4 Å².